The molecule has 0 saturated carbocycles. The van der Waals surface area contributed by atoms with Gasteiger partial charge in [0.1, 0.15) is 22.5 Å². The molecule has 2 heterocycles. The van der Waals surface area contributed by atoms with E-state index in [1.165, 1.54) is 4.90 Å². The van der Waals surface area contributed by atoms with E-state index in [0.29, 0.717) is 28.5 Å². The number of carbonyl (C=O) groups excluding carboxylic acids is 3. The third kappa shape index (κ3) is 6.32. The molecule has 1 aromatic heterocycles. The van der Waals surface area contributed by atoms with Crippen molar-refractivity contribution in [3.63, 3.8) is 0 Å². The molecule has 12 heteroatoms. The first-order chi connectivity index (χ1) is 18.2. The Morgan fingerprint density at radius 3 is 2.39 bits per heavy atom. The summed E-state index contributed by atoms with van der Waals surface area (Å²) in [5.41, 5.74) is 5.80. The molecule has 0 spiro atoms. The lowest BCUT2D eigenvalue weighted by Crippen LogP contribution is -2.51. The quantitative estimate of drug-likeness (QED) is 0.241. The summed E-state index contributed by atoms with van der Waals surface area (Å²) in [6.45, 7) is 3.76. The van der Waals surface area contributed by atoms with Crippen LogP contribution >= 0.6 is 11.3 Å². The number of amidine groups is 1. The molecule has 11 nitrogen and oxygen atoms in total. The SMILES string of the molecule is CC1[C@@H](C)CC(C(=O)NCc2nnc(C(=N)N)s2)N1C(=O)CNC(=O)c1ccc(Oc2ccccc2)cc1. The van der Waals surface area contributed by atoms with Crippen molar-refractivity contribution < 1.29 is 19.1 Å². The number of nitrogen functional groups attached to an aromatic ring is 1. The number of aromatic nitrogens is 2. The molecule has 1 aliphatic heterocycles. The number of hydrogen-bond donors (Lipinski definition) is 4. The van der Waals surface area contributed by atoms with Crippen LogP contribution in [0.1, 0.15) is 40.6 Å². The first kappa shape index (κ1) is 26.7. The third-order valence-corrected chi connectivity index (χ3v) is 7.35. The normalized spacial score (nSPS) is 18.6. The molecule has 2 unspecified atom stereocenters. The largest absolute Gasteiger partial charge is 0.457 e. The predicted molar refractivity (Wildman–Crippen MR) is 142 cm³/mol. The summed E-state index contributed by atoms with van der Waals surface area (Å²) >= 11 is 1.12. The Kier molecular flexibility index (Phi) is 8.31. The zero-order valence-electron chi connectivity index (χ0n) is 21.0. The second-order valence-electron chi connectivity index (χ2n) is 9.02. The molecule has 2 aromatic carbocycles. The van der Waals surface area contributed by atoms with Crippen molar-refractivity contribution in [1.29, 1.82) is 5.41 Å². The molecule has 5 N–H and O–H groups in total. The van der Waals surface area contributed by atoms with Crippen LogP contribution in [-0.2, 0) is 16.1 Å². The van der Waals surface area contributed by atoms with E-state index in [2.05, 4.69) is 20.8 Å². The minimum Gasteiger partial charge on any atom is -0.457 e. The molecule has 198 valence electrons. The fourth-order valence-electron chi connectivity index (χ4n) is 4.22. The lowest BCUT2D eigenvalue weighted by molar-refractivity contribution is -0.139. The van der Waals surface area contributed by atoms with Crippen LogP contribution in [0.3, 0.4) is 0 Å². The van der Waals surface area contributed by atoms with Gasteiger partial charge in [-0.05, 0) is 55.7 Å². The second-order valence-corrected chi connectivity index (χ2v) is 10.1. The van der Waals surface area contributed by atoms with Gasteiger partial charge in [0.25, 0.3) is 5.91 Å². The smallest absolute Gasteiger partial charge is 0.251 e. The molecule has 38 heavy (non-hydrogen) atoms. The zero-order valence-corrected chi connectivity index (χ0v) is 21.8. The fourth-order valence-corrected chi connectivity index (χ4v) is 4.86. The van der Waals surface area contributed by atoms with Crippen LogP contribution in [0.4, 0.5) is 0 Å². The number of nitrogens with two attached hydrogens (primary N) is 1. The average Bonchev–Trinajstić information content (AvgIpc) is 3.51. The van der Waals surface area contributed by atoms with Crippen LogP contribution in [0.5, 0.6) is 11.5 Å². The van der Waals surface area contributed by atoms with Crippen molar-refractivity contribution in [3.8, 4) is 11.5 Å². The van der Waals surface area contributed by atoms with E-state index in [-0.39, 0.29) is 47.7 Å². The molecule has 0 radical (unpaired) electrons. The molecule has 3 amide bonds. The molecule has 1 fully saturated rings. The van der Waals surface area contributed by atoms with Crippen molar-refractivity contribution in [3.05, 3.63) is 70.2 Å². The molecule has 0 bridgehead atoms. The third-order valence-electron chi connectivity index (χ3n) is 6.39. The van der Waals surface area contributed by atoms with Gasteiger partial charge < -0.3 is 26.0 Å². The Balaban J connectivity index is 1.32. The van der Waals surface area contributed by atoms with Gasteiger partial charge in [-0.1, -0.05) is 36.5 Å². The Morgan fingerprint density at radius 1 is 1.05 bits per heavy atom. The maximum Gasteiger partial charge on any atom is 0.251 e. The standard InChI is InChI=1S/C26H29N7O4S/c1-15-12-20(25(36)29-13-21-31-32-26(38-21)23(27)28)33(16(15)2)22(34)14-30-24(35)17-8-10-19(11-9-17)37-18-6-4-3-5-7-18/h3-11,15-16,20H,12-14H2,1-2H3,(H3,27,28)(H,29,36)(H,30,35)/t15-,16?,20?/m0/s1. The Morgan fingerprint density at radius 2 is 1.74 bits per heavy atom. The van der Waals surface area contributed by atoms with E-state index < -0.39 is 11.9 Å². The fraction of sp³-hybridized carbons (Fsp3) is 0.308. The van der Waals surface area contributed by atoms with E-state index in [1.54, 1.807) is 24.3 Å². The summed E-state index contributed by atoms with van der Waals surface area (Å²) in [5.74, 6) is 0.143. The predicted octanol–water partition coefficient (Wildman–Crippen LogP) is 2.29. The second kappa shape index (κ2) is 11.8. The van der Waals surface area contributed by atoms with Gasteiger partial charge in [0.2, 0.25) is 11.8 Å². The molecule has 4 rings (SSSR count). The summed E-state index contributed by atoms with van der Waals surface area (Å²) in [7, 11) is 0. The van der Waals surface area contributed by atoms with Crippen LogP contribution in [0.2, 0.25) is 0 Å². The number of para-hydroxylation sites is 1. The number of ether oxygens (including phenoxy) is 1. The van der Waals surface area contributed by atoms with Crippen molar-refractivity contribution in [2.24, 2.45) is 11.7 Å². The lowest BCUT2D eigenvalue weighted by Gasteiger charge is -2.28. The van der Waals surface area contributed by atoms with Gasteiger partial charge in [-0.15, -0.1) is 10.2 Å². The zero-order chi connectivity index (χ0) is 27.2. The summed E-state index contributed by atoms with van der Waals surface area (Å²) in [6.07, 6.45) is 0.504. The first-order valence-corrected chi connectivity index (χ1v) is 12.9. The Hall–Kier alpha value is -4.32. The maximum absolute atomic E-state index is 13.1. The highest BCUT2D eigenvalue weighted by atomic mass is 32.1. The van der Waals surface area contributed by atoms with E-state index in [1.807, 2.05) is 44.2 Å². The molecule has 1 saturated heterocycles. The summed E-state index contributed by atoms with van der Waals surface area (Å²) in [5, 5.41) is 21.4. The highest BCUT2D eigenvalue weighted by Crippen LogP contribution is 2.30. The van der Waals surface area contributed by atoms with Crippen LogP contribution in [0.15, 0.2) is 54.6 Å². The van der Waals surface area contributed by atoms with Gasteiger partial charge in [-0.25, -0.2) is 0 Å². The molecular formula is C26H29N7O4S. The monoisotopic (exact) mass is 535 g/mol. The summed E-state index contributed by atoms with van der Waals surface area (Å²) in [6, 6.07) is 15.1. The highest BCUT2D eigenvalue weighted by Gasteiger charge is 2.42. The van der Waals surface area contributed by atoms with Gasteiger partial charge in [-0.2, -0.15) is 0 Å². The number of benzene rings is 2. The molecule has 1 aliphatic rings. The van der Waals surface area contributed by atoms with Crippen molar-refractivity contribution in [2.45, 2.75) is 38.9 Å². The van der Waals surface area contributed by atoms with Crippen molar-refractivity contribution in [2.75, 3.05) is 6.54 Å². The van der Waals surface area contributed by atoms with Crippen molar-refractivity contribution >= 4 is 34.9 Å². The number of nitrogens with one attached hydrogen (secondary N) is 3. The van der Waals surface area contributed by atoms with Crippen molar-refractivity contribution in [1.82, 2.24) is 25.7 Å². The van der Waals surface area contributed by atoms with Gasteiger partial charge >= 0.3 is 0 Å². The molecule has 3 atom stereocenters. The first-order valence-electron chi connectivity index (χ1n) is 12.1. The summed E-state index contributed by atoms with van der Waals surface area (Å²) in [4.78, 5) is 40.3. The van der Waals surface area contributed by atoms with E-state index in [9.17, 15) is 14.4 Å². The van der Waals surface area contributed by atoms with Crippen LogP contribution in [0, 0.1) is 11.3 Å². The maximum atomic E-state index is 13.1. The number of hydrogen-bond acceptors (Lipinski definition) is 8. The van der Waals surface area contributed by atoms with Crippen LogP contribution in [-0.4, -0.2) is 57.3 Å². The summed E-state index contributed by atoms with van der Waals surface area (Å²) < 4.78 is 5.74. The van der Waals surface area contributed by atoms with Crippen LogP contribution in [0.25, 0.3) is 0 Å². The Bertz CT molecular complexity index is 1310. The number of nitrogens with zero attached hydrogens (tertiary/aromatic N) is 3. The average molecular weight is 536 g/mol. The minimum atomic E-state index is -0.668. The number of amides is 3. The number of rotatable bonds is 9. The number of likely N-dealkylation sites (tertiary alicyclic amines) is 1. The minimum absolute atomic E-state index is 0.105. The van der Waals surface area contributed by atoms with Gasteiger partial charge in [-0.3, -0.25) is 19.8 Å². The van der Waals surface area contributed by atoms with E-state index in [4.69, 9.17) is 15.9 Å². The van der Waals surface area contributed by atoms with Crippen LogP contribution < -0.4 is 21.1 Å². The van der Waals surface area contributed by atoms with E-state index >= 15 is 0 Å². The lowest BCUT2D eigenvalue weighted by atomic mass is 10.0. The highest BCUT2D eigenvalue weighted by molar-refractivity contribution is 7.13. The van der Waals surface area contributed by atoms with Gasteiger partial charge in [0, 0.05) is 11.6 Å². The number of carbonyl (C=O) groups is 3. The molecule has 0 aliphatic carbocycles. The Labute approximate surface area is 223 Å². The van der Waals surface area contributed by atoms with E-state index in [0.717, 1.165) is 11.3 Å². The van der Waals surface area contributed by atoms with Gasteiger partial charge in [0.15, 0.2) is 10.8 Å². The topological polar surface area (TPSA) is 163 Å². The molecule has 3 aromatic rings. The van der Waals surface area contributed by atoms with Gasteiger partial charge in [0.05, 0.1) is 13.1 Å². The molecular weight excluding hydrogens is 506 g/mol.